The molecule has 0 N–H and O–H groups in total. The summed E-state index contributed by atoms with van der Waals surface area (Å²) in [6.45, 7) is 4.78. The molecule has 2 aromatic carbocycles. The Balaban J connectivity index is 0. The van der Waals surface area contributed by atoms with Crippen LogP contribution in [0.3, 0.4) is 0 Å². The van der Waals surface area contributed by atoms with Crippen LogP contribution in [0.2, 0.25) is 0 Å². The van der Waals surface area contributed by atoms with Gasteiger partial charge in [-0.25, -0.2) is 0 Å². The molecule has 28 heavy (non-hydrogen) atoms. The molecule has 2 aliphatic carbocycles. The van der Waals surface area contributed by atoms with E-state index in [0.29, 0.717) is 11.8 Å². The molecule has 146 valence electrons. The average molecular weight is 531 g/mol. The van der Waals surface area contributed by atoms with Crippen molar-refractivity contribution in [1.29, 1.82) is 0 Å². The van der Waals surface area contributed by atoms with Gasteiger partial charge in [-0.15, -0.1) is 0 Å². The minimum atomic E-state index is 0. The summed E-state index contributed by atoms with van der Waals surface area (Å²) in [5.74, 6) is 0.929. The topological polar surface area (TPSA) is 0 Å². The van der Waals surface area contributed by atoms with E-state index in [1.54, 1.807) is 0 Å². The molecule has 0 bridgehead atoms. The predicted molar refractivity (Wildman–Crippen MR) is 98.3 cm³/mol. The molecule has 0 aliphatic heterocycles. The first-order valence-corrected chi connectivity index (χ1v) is 8.39. The molecule has 2 aliphatic rings. The number of hydrogen-bond donors (Lipinski definition) is 0. The molecular formula is C23H22Cl4Zr. The number of rotatable bonds is 3. The Morgan fingerprint density at radius 1 is 0.714 bits per heavy atom. The molecule has 0 fully saturated rings. The van der Waals surface area contributed by atoms with Crippen LogP contribution in [0, 0.1) is 11.3 Å². The van der Waals surface area contributed by atoms with Crippen LogP contribution in [-0.2, 0) is 26.2 Å². The van der Waals surface area contributed by atoms with Gasteiger partial charge in [-0.1, -0.05) is 98.8 Å². The van der Waals surface area contributed by atoms with Crippen molar-refractivity contribution in [3.05, 3.63) is 102 Å². The standard InChI is InChI=1S/C23H22.4ClH.Zr/c1-23(2,18-12-6-7-13-18)22-16-21(17-10-4-3-5-11-17)19-14-8-9-15-20(19)22;;;;;/h3-16,18,22H,1-2H3;4*1H;/q;;;;;+4/p-4. The second-order valence-corrected chi connectivity index (χ2v) is 7.13. The third-order valence-electron chi connectivity index (χ3n) is 5.41. The fourth-order valence-electron chi connectivity index (χ4n) is 3.98. The number of hydrogen-bond acceptors (Lipinski definition) is 0. The second kappa shape index (κ2) is 12.4. The first kappa shape index (κ1) is 29.9. The maximum absolute atomic E-state index is 2.49. The van der Waals surface area contributed by atoms with E-state index in [9.17, 15) is 0 Å². The van der Waals surface area contributed by atoms with Crippen LogP contribution < -0.4 is 49.6 Å². The maximum atomic E-state index is 2.49. The van der Waals surface area contributed by atoms with Gasteiger partial charge in [-0.2, -0.15) is 0 Å². The van der Waals surface area contributed by atoms with Gasteiger partial charge in [0.2, 0.25) is 0 Å². The van der Waals surface area contributed by atoms with E-state index in [1.165, 1.54) is 22.3 Å². The smallest absolute Gasteiger partial charge is 1.00 e. The van der Waals surface area contributed by atoms with Crippen LogP contribution in [0.15, 0.2) is 85.0 Å². The summed E-state index contributed by atoms with van der Waals surface area (Å²) in [6, 6.07) is 19.7. The Morgan fingerprint density at radius 2 is 1.25 bits per heavy atom. The van der Waals surface area contributed by atoms with Gasteiger partial charge >= 0.3 is 26.2 Å². The van der Waals surface area contributed by atoms with Crippen LogP contribution >= 0.6 is 0 Å². The Labute approximate surface area is 212 Å². The predicted octanol–water partition coefficient (Wildman–Crippen LogP) is -6.00. The van der Waals surface area contributed by atoms with Crippen LogP contribution in [0.1, 0.15) is 36.5 Å². The maximum Gasteiger partial charge on any atom is 4.00 e. The molecule has 0 nitrogen and oxygen atoms in total. The monoisotopic (exact) mass is 528 g/mol. The van der Waals surface area contributed by atoms with Gasteiger partial charge in [0.25, 0.3) is 0 Å². The molecule has 0 amide bonds. The van der Waals surface area contributed by atoms with E-state index in [0.717, 1.165) is 0 Å². The van der Waals surface area contributed by atoms with E-state index >= 15 is 0 Å². The summed E-state index contributed by atoms with van der Waals surface area (Å²) in [7, 11) is 0. The van der Waals surface area contributed by atoms with E-state index in [-0.39, 0.29) is 81.2 Å². The summed E-state index contributed by atoms with van der Waals surface area (Å²) in [6.07, 6.45) is 11.5. The molecule has 4 rings (SSSR count). The Hall–Kier alpha value is -0.297. The van der Waals surface area contributed by atoms with Crippen molar-refractivity contribution in [2.45, 2.75) is 19.8 Å². The van der Waals surface area contributed by atoms with Crippen molar-refractivity contribution in [2.75, 3.05) is 0 Å². The van der Waals surface area contributed by atoms with Gasteiger partial charge < -0.3 is 49.6 Å². The largest absolute Gasteiger partial charge is 4.00 e. The summed E-state index contributed by atoms with van der Waals surface area (Å²) < 4.78 is 0. The van der Waals surface area contributed by atoms with Crippen LogP contribution in [-0.4, -0.2) is 0 Å². The molecule has 0 saturated carbocycles. The molecule has 0 spiro atoms. The normalized spacial score (nSPS) is 16.4. The fraction of sp³-hybridized carbons (Fsp3) is 0.217. The van der Waals surface area contributed by atoms with E-state index in [2.05, 4.69) is 98.8 Å². The molecule has 0 aromatic heterocycles. The summed E-state index contributed by atoms with van der Waals surface area (Å²) in [5, 5.41) is 0. The SMILES string of the molecule is CC(C)(C1C=CC=C1)C1C=C(c2ccccc2)c2ccccc21.[Cl-].[Cl-].[Cl-].[Cl-].[Zr+4]. The van der Waals surface area contributed by atoms with E-state index in [1.807, 2.05) is 0 Å². The van der Waals surface area contributed by atoms with Crippen LogP contribution in [0.4, 0.5) is 0 Å². The van der Waals surface area contributed by atoms with E-state index in [4.69, 9.17) is 0 Å². The Bertz CT molecular complexity index is 814. The number of allylic oxidation sites excluding steroid dienone is 5. The van der Waals surface area contributed by atoms with Crippen molar-refractivity contribution < 1.29 is 75.8 Å². The summed E-state index contributed by atoms with van der Waals surface area (Å²) >= 11 is 0. The number of halogens is 4. The Kier molecular flexibility index (Phi) is 13.3. The molecule has 1 unspecified atom stereocenters. The second-order valence-electron chi connectivity index (χ2n) is 7.13. The summed E-state index contributed by atoms with van der Waals surface area (Å²) in [5.41, 5.74) is 5.71. The minimum absolute atomic E-state index is 0. The van der Waals surface area contributed by atoms with Gasteiger partial charge in [0.15, 0.2) is 0 Å². The van der Waals surface area contributed by atoms with Gasteiger partial charge in [0, 0.05) is 11.8 Å². The zero-order valence-corrected chi connectivity index (χ0v) is 21.2. The molecule has 0 radical (unpaired) electrons. The van der Waals surface area contributed by atoms with Crippen LogP contribution in [0.25, 0.3) is 5.57 Å². The zero-order valence-electron chi connectivity index (χ0n) is 15.7. The van der Waals surface area contributed by atoms with Gasteiger partial charge in [-0.05, 0) is 27.7 Å². The molecule has 0 heterocycles. The zero-order chi connectivity index (χ0) is 15.9. The number of fused-ring (bicyclic) bond motifs is 1. The quantitative estimate of drug-likeness (QED) is 0.371. The molecular weight excluding hydrogens is 509 g/mol. The third-order valence-corrected chi connectivity index (χ3v) is 5.41. The van der Waals surface area contributed by atoms with Crippen molar-refractivity contribution >= 4 is 5.57 Å². The van der Waals surface area contributed by atoms with Gasteiger partial charge in [0.1, 0.15) is 0 Å². The number of benzene rings is 2. The average Bonchev–Trinajstić information content (AvgIpc) is 3.24. The minimum Gasteiger partial charge on any atom is -1.00 e. The fourth-order valence-corrected chi connectivity index (χ4v) is 3.98. The Morgan fingerprint density at radius 3 is 1.86 bits per heavy atom. The van der Waals surface area contributed by atoms with Crippen LogP contribution in [0.5, 0.6) is 0 Å². The van der Waals surface area contributed by atoms with Gasteiger partial charge in [0.05, 0.1) is 0 Å². The first-order chi connectivity index (χ1) is 11.2. The molecule has 0 saturated heterocycles. The van der Waals surface area contributed by atoms with Crippen molar-refractivity contribution in [2.24, 2.45) is 11.3 Å². The van der Waals surface area contributed by atoms with Gasteiger partial charge in [-0.3, -0.25) is 0 Å². The van der Waals surface area contributed by atoms with Crippen molar-refractivity contribution in [3.8, 4) is 0 Å². The van der Waals surface area contributed by atoms with Crippen molar-refractivity contribution in [1.82, 2.24) is 0 Å². The molecule has 2 aromatic rings. The third kappa shape index (κ3) is 5.44. The molecule has 5 heteroatoms. The molecule has 1 atom stereocenters. The summed E-state index contributed by atoms with van der Waals surface area (Å²) in [4.78, 5) is 0. The first-order valence-electron chi connectivity index (χ1n) is 8.39. The van der Waals surface area contributed by atoms with E-state index < -0.39 is 0 Å². The van der Waals surface area contributed by atoms with Crippen molar-refractivity contribution in [3.63, 3.8) is 0 Å².